The molecule has 0 atom stereocenters. The van der Waals surface area contributed by atoms with E-state index in [0.29, 0.717) is 6.04 Å². The fourth-order valence-corrected chi connectivity index (χ4v) is 3.49. The van der Waals surface area contributed by atoms with E-state index in [4.69, 9.17) is 0 Å². The molecule has 0 aromatic heterocycles. The molecule has 0 amide bonds. The first kappa shape index (κ1) is 15.5. The fraction of sp³-hybridized carbons (Fsp3) is 0.562. The van der Waals surface area contributed by atoms with E-state index in [1.807, 2.05) is 12.1 Å². The number of anilines is 1. The quantitative estimate of drug-likeness (QED) is 0.784. The Kier molecular flexibility index (Phi) is 5.22. The van der Waals surface area contributed by atoms with Gasteiger partial charge in [0.15, 0.2) is 5.78 Å². The molecule has 0 bridgehead atoms. The van der Waals surface area contributed by atoms with Gasteiger partial charge in [0.25, 0.3) is 0 Å². The summed E-state index contributed by atoms with van der Waals surface area (Å²) in [5.74, 6) is 0.0994. The Hall–Kier alpha value is -0.870. The molecule has 1 aromatic rings. The molecule has 0 spiro atoms. The van der Waals surface area contributed by atoms with Gasteiger partial charge in [-0.2, -0.15) is 0 Å². The minimum atomic E-state index is 0.0994. The van der Waals surface area contributed by atoms with Gasteiger partial charge in [-0.05, 0) is 60.4 Å². The van der Waals surface area contributed by atoms with E-state index in [2.05, 4.69) is 45.8 Å². The van der Waals surface area contributed by atoms with Crippen molar-refractivity contribution in [1.29, 1.82) is 0 Å². The lowest BCUT2D eigenvalue weighted by Crippen LogP contribution is -2.43. The smallest absolute Gasteiger partial charge is 0.160 e. The Morgan fingerprint density at radius 1 is 1.40 bits per heavy atom. The third-order valence-electron chi connectivity index (χ3n) is 4.29. The molecule has 0 saturated carbocycles. The summed E-state index contributed by atoms with van der Waals surface area (Å²) in [5.41, 5.74) is 1.93. The van der Waals surface area contributed by atoms with Crippen LogP contribution >= 0.6 is 15.9 Å². The van der Waals surface area contributed by atoms with Crippen molar-refractivity contribution in [2.45, 2.75) is 32.7 Å². The highest BCUT2D eigenvalue weighted by atomic mass is 79.9. The molecule has 1 saturated heterocycles. The molecule has 1 heterocycles. The van der Waals surface area contributed by atoms with Crippen LogP contribution in [0.4, 0.5) is 5.69 Å². The number of hydrogen-bond acceptors (Lipinski definition) is 3. The van der Waals surface area contributed by atoms with E-state index >= 15 is 0 Å². The number of likely N-dealkylation sites (tertiary alicyclic amines) is 1. The Morgan fingerprint density at radius 2 is 2.05 bits per heavy atom. The summed E-state index contributed by atoms with van der Waals surface area (Å²) >= 11 is 3.51. The second-order valence-corrected chi connectivity index (χ2v) is 6.35. The van der Waals surface area contributed by atoms with E-state index in [0.717, 1.165) is 16.6 Å². The number of nitrogens with zero attached hydrogens (tertiary/aromatic N) is 2. The normalized spacial score (nSPS) is 17.2. The number of carbonyl (C=O) groups excluding carboxylic acids is 1. The number of hydrogen-bond donors (Lipinski definition) is 0. The topological polar surface area (TPSA) is 23.6 Å². The Morgan fingerprint density at radius 3 is 2.55 bits per heavy atom. The third kappa shape index (κ3) is 3.41. The summed E-state index contributed by atoms with van der Waals surface area (Å²) in [4.78, 5) is 16.3. The first-order valence-electron chi connectivity index (χ1n) is 7.28. The summed E-state index contributed by atoms with van der Waals surface area (Å²) in [6.45, 7) is 7.33. The standard InChI is InChI=1S/C16H23BrN2O/c1-4-19-9-7-13(8-10-19)18(3)14-5-6-15(12(2)20)16(17)11-14/h5-6,11,13H,4,7-10H2,1-3H3. The maximum Gasteiger partial charge on any atom is 0.160 e. The van der Waals surface area contributed by atoms with Crippen molar-refractivity contribution in [2.75, 3.05) is 31.6 Å². The lowest BCUT2D eigenvalue weighted by molar-refractivity contribution is 0.101. The van der Waals surface area contributed by atoms with Crippen LogP contribution in [0.2, 0.25) is 0 Å². The minimum Gasteiger partial charge on any atom is -0.371 e. The lowest BCUT2D eigenvalue weighted by Gasteiger charge is -2.37. The van der Waals surface area contributed by atoms with E-state index in [-0.39, 0.29) is 5.78 Å². The molecule has 1 aromatic carbocycles. The summed E-state index contributed by atoms with van der Waals surface area (Å²) in [6.07, 6.45) is 2.41. The Balaban J connectivity index is 2.08. The summed E-state index contributed by atoms with van der Waals surface area (Å²) in [7, 11) is 2.15. The molecule has 4 heteroatoms. The molecular formula is C16H23BrN2O. The molecule has 0 radical (unpaired) electrons. The molecule has 110 valence electrons. The number of Topliss-reactive ketones (excluding diaryl/α,β-unsaturated/α-hetero) is 1. The van der Waals surface area contributed by atoms with Gasteiger partial charge in [-0.3, -0.25) is 4.79 Å². The van der Waals surface area contributed by atoms with Crippen LogP contribution in [0.5, 0.6) is 0 Å². The van der Waals surface area contributed by atoms with E-state index in [1.54, 1.807) is 6.92 Å². The summed E-state index contributed by atoms with van der Waals surface area (Å²) in [6, 6.07) is 6.61. The van der Waals surface area contributed by atoms with Crippen LogP contribution in [0.1, 0.15) is 37.0 Å². The van der Waals surface area contributed by atoms with Crippen LogP contribution in [-0.2, 0) is 0 Å². The van der Waals surface area contributed by atoms with Crippen molar-refractivity contribution < 1.29 is 4.79 Å². The van der Waals surface area contributed by atoms with Crippen molar-refractivity contribution in [3.05, 3.63) is 28.2 Å². The Bertz CT molecular complexity index is 481. The monoisotopic (exact) mass is 338 g/mol. The maximum atomic E-state index is 11.5. The molecule has 1 fully saturated rings. The second-order valence-electron chi connectivity index (χ2n) is 5.50. The first-order chi connectivity index (χ1) is 9.52. The third-order valence-corrected chi connectivity index (χ3v) is 4.95. The average molecular weight is 339 g/mol. The highest BCUT2D eigenvalue weighted by molar-refractivity contribution is 9.10. The van der Waals surface area contributed by atoms with E-state index in [1.165, 1.54) is 31.6 Å². The van der Waals surface area contributed by atoms with Gasteiger partial charge in [0.2, 0.25) is 0 Å². The molecular weight excluding hydrogens is 316 g/mol. The molecule has 1 aliphatic rings. The van der Waals surface area contributed by atoms with E-state index < -0.39 is 0 Å². The molecule has 0 N–H and O–H groups in total. The zero-order chi connectivity index (χ0) is 14.7. The van der Waals surface area contributed by atoms with Crippen molar-refractivity contribution in [1.82, 2.24) is 4.90 Å². The molecule has 0 unspecified atom stereocenters. The predicted molar refractivity (Wildman–Crippen MR) is 87.7 cm³/mol. The van der Waals surface area contributed by atoms with Gasteiger partial charge >= 0.3 is 0 Å². The number of halogens is 1. The molecule has 20 heavy (non-hydrogen) atoms. The van der Waals surface area contributed by atoms with Crippen molar-refractivity contribution in [3.63, 3.8) is 0 Å². The van der Waals surface area contributed by atoms with Gasteiger partial charge in [-0.15, -0.1) is 0 Å². The van der Waals surface area contributed by atoms with Crippen LogP contribution in [0.15, 0.2) is 22.7 Å². The minimum absolute atomic E-state index is 0.0994. The maximum absolute atomic E-state index is 11.5. The predicted octanol–water partition coefficient (Wildman–Crippen LogP) is 3.57. The average Bonchev–Trinajstić information content (AvgIpc) is 2.46. The summed E-state index contributed by atoms with van der Waals surface area (Å²) in [5, 5.41) is 0. The summed E-state index contributed by atoms with van der Waals surface area (Å²) < 4.78 is 0.889. The number of rotatable bonds is 4. The van der Waals surface area contributed by atoms with Crippen LogP contribution in [-0.4, -0.2) is 43.4 Å². The van der Waals surface area contributed by atoms with Crippen LogP contribution in [0.3, 0.4) is 0 Å². The van der Waals surface area contributed by atoms with Gasteiger partial charge in [-0.1, -0.05) is 6.92 Å². The van der Waals surface area contributed by atoms with Crippen molar-refractivity contribution in [3.8, 4) is 0 Å². The van der Waals surface area contributed by atoms with Crippen molar-refractivity contribution in [2.24, 2.45) is 0 Å². The molecule has 3 nitrogen and oxygen atoms in total. The van der Waals surface area contributed by atoms with Gasteiger partial charge in [0, 0.05) is 41.9 Å². The van der Waals surface area contributed by atoms with Gasteiger partial charge in [0.05, 0.1) is 0 Å². The molecule has 2 rings (SSSR count). The number of carbonyl (C=O) groups is 1. The highest BCUT2D eigenvalue weighted by Gasteiger charge is 2.22. The fourth-order valence-electron chi connectivity index (χ4n) is 2.84. The molecule has 0 aliphatic carbocycles. The largest absolute Gasteiger partial charge is 0.371 e. The van der Waals surface area contributed by atoms with Gasteiger partial charge < -0.3 is 9.80 Å². The van der Waals surface area contributed by atoms with E-state index in [9.17, 15) is 4.79 Å². The van der Waals surface area contributed by atoms with Crippen LogP contribution in [0, 0.1) is 0 Å². The van der Waals surface area contributed by atoms with Crippen LogP contribution < -0.4 is 4.90 Å². The highest BCUT2D eigenvalue weighted by Crippen LogP contribution is 2.27. The number of piperidine rings is 1. The SMILES string of the molecule is CCN1CCC(N(C)c2ccc(C(C)=O)c(Br)c2)CC1. The lowest BCUT2D eigenvalue weighted by atomic mass is 10.0. The zero-order valence-corrected chi connectivity index (χ0v) is 14.1. The van der Waals surface area contributed by atoms with Crippen LogP contribution in [0.25, 0.3) is 0 Å². The number of ketones is 1. The second kappa shape index (κ2) is 6.72. The Labute approximate surface area is 130 Å². The zero-order valence-electron chi connectivity index (χ0n) is 12.5. The first-order valence-corrected chi connectivity index (χ1v) is 8.08. The number of benzene rings is 1. The van der Waals surface area contributed by atoms with Gasteiger partial charge in [0.1, 0.15) is 0 Å². The van der Waals surface area contributed by atoms with Gasteiger partial charge in [-0.25, -0.2) is 0 Å². The van der Waals surface area contributed by atoms with Crippen molar-refractivity contribution >= 4 is 27.4 Å². The molecule has 1 aliphatic heterocycles.